The first-order valence-electron chi connectivity index (χ1n) is 7.76. The molecular formula is C19H12N2O5S-2. The maximum absolute atomic E-state index is 12.1. The topological polar surface area (TPSA) is 122 Å². The Kier molecular flexibility index (Phi) is 5.09. The van der Waals surface area contributed by atoms with Gasteiger partial charge in [-0.15, -0.1) is 0 Å². The Hall–Kier alpha value is -3.39. The number of hydrogen-bond acceptors (Lipinski definition) is 7. The van der Waals surface area contributed by atoms with E-state index in [9.17, 15) is 24.6 Å². The van der Waals surface area contributed by atoms with E-state index in [-0.39, 0.29) is 17.0 Å². The lowest BCUT2D eigenvalue weighted by Crippen LogP contribution is -2.22. The van der Waals surface area contributed by atoms with Gasteiger partial charge in [-0.05, 0) is 53.1 Å². The molecule has 27 heavy (non-hydrogen) atoms. The molecule has 0 spiro atoms. The van der Waals surface area contributed by atoms with Crippen molar-refractivity contribution in [1.29, 1.82) is 0 Å². The van der Waals surface area contributed by atoms with E-state index in [4.69, 9.17) is 0 Å². The molecule has 1 amide bonds. The van der Waals surface area contributed by atoms with E-state index in [2.05, 4.69) is 10.3 Å². The summed E-state index contributed by atoms with van der Waals surface area (Å²) in [5, 5.41) is 24.7. The van der Waals surface area contributed by atoms with Crippen LogP contribution in [0.5, 0.6) is 0 Å². The van der Waals surface area contributed by atoms with Crippen molar-refractivity contribution >= 4 is 46.5 Å². The molecule has 1 aliphatic rings. The molecule has 1 heterocycles. The highest BCUT2D eigenvalue weighted by atomic mass is 32.2. The van der Waals surface area contributed by atoms with Crippen LogP contribution in [-0.4, -0.2) is 23.0 Å². The first kappa shape index (κ1) is 18.4. The number of carboxylic acid groups (broad SMARTS) is 2. The molecular weight excluding hydrogens is 368 g/mol. The van der Waals surface area contributed by atoms with Crippen molar-refractivity contribution in [2.75, 3.05) is 0 Å². The molecule has 2 aromatic carbocycles. The Morgan fingerprint density at radius 3 is 2.30 bits per heavy atom. The zero-order valence-electron chi connectivity index (χ0n) is 14.0. The highest BCUT2D eigenvalue weighted by Gasteiger charge is 2.24. The summed E-state index contributed by atoms with van der Waals surface area (Å²) in [6.45, 7) is 1.77. The summed E-state index contributed by atoms with van der Waals surface area (Å²) in [6.07, 6.45) is 1.60. The van der Waals surface area contributed by atoms with Crippen molar-refractivity contribution in [3.05, 3.63) is 69.6 Å². The number of aryl methyl sites for hydroxylation is 1. The van der Waals surface area contributed by atoms with E-state index in [1.807, 2.05) is 0 Å². The number of carboxylic acids is 2. The van der Waals surface area contributed by atoms with Crippen LogP contribution in [0.25, 0.3) is 6.08 Å². The van der Waals surface area contributed by atoms with Crippen molar-refractivity contribution in [3.8, 4) is 0 Å². The maximum Gasteiger partial charge on any atom is 0.264 e. The number of nitrogens with one attached hydrogen (secondary N) is 1. The molecule has 1 N–H and O–H groups in total. The van der Waals surface area contributed by atoms with Crippen molar-refractivity contribution in [3.63, 3.8) is 0 Å². The van der Waals surface area contributed by atoms with Gasteiger partial charge >= 0.3 is 0 Å². The largest absolute Gasteiger partial charge is 0.545 e. The summed E-state index contributed by atoms with van der Waals surface area (Å²) in [5.41, 5.74) is 1.86. The molecule has 3 rings (SSSR count). The SMILES string of the molecule is Cc1ccc(C(=O)[O-])cc1N=C1NC(=O)/C(=C/c2ccc(C(=O)[O-])cc2)S1. The van der Waals surface area contributed by atoms with Crippen LogP contribution < -0.4 is 15.5 Å². The molecule has 0 atom stereocenters. The minimum Gasteiger partial charge on any atom is -0.545 e. The van der Waals surface area contributed by atoms with E-state index in [1.54, 1.807) is 31.2 Å². The van der Waals surface area contributed by atoms with Crippen LogP contribution in [0.4, 0.5) is 5.69 Å². The molecule has 1 fully saturated rings. The average molecular weight is 380 g/mol. The van der Waals surface area contributed by atoms with Crippen molar-refractivity contribution < 1.29 is 24.6 Å². The summed E-state index contributed by atoms with van der Waals surface area (Å²) in [7, 11) is 0. The molecule has 0 aliphatic carbocycles. The zero-order chi connectivity index (χ0) is 19.6. The standard InChI is InChI=1S/C19H14N2O5S/c1-10-2-5-13(18(25)26)9-14(10)20-19-21-16(22)15(27-19)8-11-3-6-12(7-4-11)17(23)24/h2-9H,1H3,(H,23,24)(H,25,26)(H,20,21,22)/p-2/b15-8-. The molecule has 0 saturated carbocycles. The van der Waals surface area contributed by atoms with E-state index in [0.717, 1.165) is 17.3 Å². The fourth-order valence-electron chi connectivity index (χ4n) is 2.31. The summed E-state index contributed by atoms with van der Waals surface area (Å²) >= 11 is 1.10. The lowest BCUT2D eigenvalue weighted by Gasteiger charge is -2.06. The number of rotatable bonds is 4. The molecule has 0 bridgehead atoms. The van der Waals surface area contributed by atoms with Gasteiger partial charge in [-0.1, -0.05) is 36.4 Å². The predicted molar refractivity (Wildman–Crippen MR) is 97.1 cm³/mol. The second-order valence-corrected chi connectivity index (χ2v) is 6.71. The van der Waals surface area contributed by atoms with Gasteiger partial charge in [-0.2, -0.15) is 0 Å². The average Bonchev–Trinajstić information content (AvgIpc) is 2.96. The third kappa shape index (κ3) is 4.24. The van der Waals surface area contributed by atoms with Crippen molar-refractivity contribution in [2.45, 2.75) is 6.92 Å². The lowest BCUT2D eigenvalue weighted by molar-refractivity contribution is -0.256. The highest BCUT2D eigenvalue weighted by molar-refractivity contribution is 8.18. The van der Waals surface area contributed by atoms with Crippen molar-refractivity contribution in [2.24, 2.45) is 4.99 Å². The van der Waals surface area contributed by atoms with Gasteiger partial charge in [0.1, 0.15) is 0 Å². The van der Waals surface area contributed by atoms with Crippen LogP contribution in [0.3, 0.4) is 0 Å². The molecule has 1 saturated heterocycles. The number of benzene rings is 2. The van der Waals surface area contributed by atoms with Gasteiger partial charge in [-0.3, -0.25) is 4.79 Å². The van der Waals surface area contributed by atoms with Crippen LogP contribution >= 0.6 is 11.8 Å². The third-order valence-corrected chi connectivity index (χ3v) is 4.67. The Morgan fingerprint density at radius 1 is 1.04 bits per heavy atom. The second-order valence-electron chi connectivity index (χ2n) is 5.68. The van der Waals surface area contributed by atoms with Gasteiger partial charge in [0.15, 0.2) is 5.17 Å². The molecule has 0 unspecified atom stereocenters. The molecule has 8 heteroatoms. The fourth-order valence-corrected chi connectivity index (χ4v) is 3.15. The molecule has 1 aliphatic heterocycles. The summed E-state index contributed by atoms with van der Waals surface area (Å²) < 4.78 is 0. The number of aromatic carboxylic acids is 2. The van der Waals surface area contributed by atoms with Crippen LogP contribution in [0.2, 0.25) is 0 Å². The van der Waals surface area contributed by atoms with Crippen LogP contribution in [0, 0.1) is 6.92 Å². The second kappa shape index (κ2) is 7.46. The third-order valence-electron chi connectivity index (χ3n) is 3.76. The Labute approximate surface area is 158 Å². The monoisotopic (exact) mass is 380 g/mol. The maximum atomic E-state index is 12.1. The zero-order valence-corrected chi connectivity index (χ0v) is 14.8. The predicted octanol–water partition coefficient (Wildman–Crippen LogP) is 0.614. The molecule has 136 valence electrons. The minimum absolute atomic E-state index is 0.00181. The van der Waals surface area contributed by atoms with Gasteiger partial charge in [0.2, 0.25) is 0 Å². The van der Waals surface area contributed by atoms with Crippen LogP contribution in [0.15, 0.2) is 52.4 Å². The summed E-state index contributed by atoms with van der Waals surface area (Å²) in [6, 6.07) is 10.3. The number of carbonyl (C=O) groups excluding carboxylic acids is 3. The van der Waals surface area contributed by atoms with Gasteiger partial charge in [-0.25, -0.2) is 4.99 Å². The van der Waals surface area contributed by atoms with Crippen molar-refractivity contribution in [1.82, 2.24) is 5.32 Å². The number of hydrogen-bond donors (Lipinski definition) is 1. The van der Waals surface area contributed by atoms with Gasteiger partial charge in [0.05, 0.1) is 22.5 Å². The quantitative estimate of drug-likeness (QED) is 0.776. The highest BCUT2D eigenvalue weighted by Crippen LogP contribution is 2.29. The van der Waals surface area contributed by atoms with Gasteiger partial charge in [0.25, 0.3) is 5.91 Å². The number of carbonyl (C=O) groups is 3. The first-order valence-corrected chi connectivity index (χ1v) is 8.58. The Bertz CT molecular complexity index is 1010. The summed E-state index contributed by atoms with van der Waals surface area (Å²) in [4.78, 5) is 38.6. The molecule has 0 aromatic heterocycles. The van der Waals surface area contributed by atoms with E-state index in [0.29, 0.717) is 21.3 Å². The van der Waals surface area contributed by atoms with E-state index < -0.39 is 11.9 Å². The normalized spacial score (nSPS) is 16.6. The Morgan fingerprint density at radius 2 is 1.67 bits per heavy atom. The van der Waals surface area contributed by atoms with Gasteiger partial charge < -0.3 is 25.1 Å². The molecule has 0 radical (unpaired) electrons. The Balaban J connectivity index is 1.85. The van der Waals surface area contributed by atoms with Gasteiger partial charge in [0, 0.05) is 0 Å². The lowest BCUT2D eigenvalue weighted by atomic mass is 10.1. The van der Waals surface area contributed by atoms with Crippen LogP contribution in [-0.2, 0) is 4.79 Å². The molecule has 2 aromatic rings. The molecule has 7 nitrogen and oxygen atoms in total. The smallest absolute Gasteiger partial charge is 0.264 e. The minimum atomic E-state index is -1.31. The van der Waals surface area contributed by atoms with Crippen LogP contribution in [0.1, 0.15) is 31.8 Å². The first-order chi connectivity index (χ1) is 12.8. The number of thioether (sulfide) groups is 1. The number of nitrogens with zero attached hydrogens (tertiary/aromatic N) is 1. The summed E-state index contributed by atoms with van der Waals surface area (Å²) in [5.74, 6) is -2.93. The van der Waals surface area contributed by atoms with E-state index in [1.165, 1.54) is 24.3 Å². The van der Waals surface area contributed by atoms with E-state index >= 15 is 0 Å². The number of aliphatic imine (C=N–C) groups is 1. The number of amides is 1. The fraction of sp³-hybridized carbons (Fsp3) is 0.0526. The number of amidine groups is 1.